The largest absolute Gasteiger partial charge is 0.388 e. The number of hydrogen-bond acceptors (Lipinski definition) is 3. The van der Waals surface area contributed by atoms with Crippen molar-refractivity contribution in [2.75, 3.05) is 19.4 Å². The molecule has 2 rings (SSSR count). The first-order valence-corrected chi connectivity index (χ1v) is 7.43. The van der Waals surface area contributed by atoms with Gasteiger partial charge in [-0.1, -0.05) is 31.5 Å². The predicted molar refractivity (Wildman–Crippen MR) is 87.8 cm³/mol. The number of para-hydroxylation sites is 1. The second-order valence-corrected chi connectivity index (χ2v) is 5.38. The lowest BCUT2D eigenvalue weighted by Crippen LogP contribution is -2.35. The van der Waals surface area contributed by atoms with Crippen molar-refractivity contribution in [3.63, 3.8) is 0 Å². The van der Waals surface area contributed by atoms with E-state index < -0.39 is 0 Å². The summed E-state index contributed by atoms with van der Waals surface area (Å²) in [5.74, 6) is -0.0294. The van der Waals surface area contributed by atoms with Gasteiger partial charge in [0.05, 0.1) is 5.52 Å². The van der Waals surface area contributed by atoms with Gasteiger partial charge >= 0.3 is 0 Å². The molecule has 0 spiro atoms. The molecule has 1 aromatic carbocycles. The summed E-state index contributed by atoms with van der Waals surface area (Å²) in [6, 6.07) is 9.90. The summed E-state index contributed by atoms with van der Waals surface area (Å²) in [5.41, 5.74) is 2.26. The Morgan fingerprint density at radius 1 is 1.38 bits per heavy atom. The van der Waals surface area contributed by atoms with Crippen molar-refractivity contribution in [3.8, 4) is 0 Å². The number of anilines is 1. The van der Waals surface area contributed by atoms with Crippen LogP contribution in [0.3, 0.4) is 0 Å². The van der Waals surface area contributed by atoms with E-state index in [1.54, 1.807) is 4.90 Å². The van der Waals surface area contributed by atoms with Crippen molar-refractivity contribution < 1.29 is 4.79 Å². The molecule has 0 bridgehead atoms. The topological polar surface area (TPSA) is 45.2 Å². The van der Waals surface area contributed by atoms with Crippen molar-refractivity contribution in [1.82, 2.24) is 9.88 Å². The van der Waals surface area contributed by atoms with Crippen LogP contribution in [0.4, 0.5) is 5.69 Å². The van der Waals surface area contributed by atoms with Gasteiger partial charge in [-0.3, -0.25) is 4.79 Å². The lowest BCUT2D eigenvalue weighted by atomic mass is 10.1. The highest BCUT2D eigenvalue weighted by Crippen LogP contribution is 2.23. The van der Waals surface area contributed by atoms with Crippen LogP contribution in [0.5, 0.6) is 0 Å². The standard InChI is InChI=1S/C17H23N3O/c1-5-8-12(2)20(4)17(21)16-11-15(18-3)13-9-6-7-10-14(13)19-16/h6-7,9-12H,5,8H2,1-4H3,(H,18,19). The first-order chi connectivity index (χ1) is 10.1. The Morgan fingerprint density at radius 3 is 2.76 bits per heavy atom. The Morgan fingerprint density at radius 2 is 2.10 bits per heavy atom. The van der Waals surface area contributed by atoms with Crippen LogP contribution in [-0.2, 0) is 0 Å². The summed E-state index contributed by atoms with van der Waals surface area (Å²) < 4.78 is 0. The van der Waals surface area contributed by atoms with Gasteiger partial charge in [-0.25, -0.2) is 4.98 Å². The van der Waals surface area contributed by atoms with Gasteiger partial charge in [0.25, 0.3) is 5.91 Å². The van der Waals surface area contributed by atoms with Crippen LogP contribution in [0.1, 0.15) is 37.2 Å². The van der Waals surface area contributed by atoms with E-state index in [0.717, 1.165) is 29.4 Å². The van der Waals surface area contributed by atoms with Gasteiger partial charge in [0.2, 0.25) is 0 Å². The molecule has 0 radical (unpaired) electrons. The summed E-state index contributed by atoms with van der Waals surface area (Å²) in [6.45, 7) is 4.20. The summed E-state index contributed by atoms with van der Waals surface area (Å²) in [7, 11) is 3.71. The molecule has 1 aromatic heterocycles. The fourth-order valence-electron chi connectivity index (χ4n) is 2.48. The number of benzene rings is 1. The minimum Gasteiger partial charge on any atom is -0.388 e. The third-order valence-corrected chi connectivity index (χ3v) is 3.89. The van der Waals surface area contributed by atoms with Gasteiger partial charge in [0.1, 0.15) is 5.69 Å². The highest BCUT2D eigenvalue weighted by atomic mass is 16.2. The predicted octanol–water partition coefficient (Wildman–Crippen LogP) is 3.54. The number of nitrogens with one attached hydrogen (secondary N) is 1. The van der Waals surface area contributed by atoms with Gasteiger partial charge in [0, 0.05) is 31.2 Å². The maximum atomic E-state index is 12.6. The molecule has 1 unspecified atom stereocenters. The fraction of sp³-hybridized carbons (Fsp3) is 0.412. The van der Waals surface area contributed by atoms with Crippen molar-refractivity contribution in [1.29, 1.82) is 0 Å². The van der Waals surface area contributed by atoms with E-state index in [2.05, 4.69) is 24.1 Å². The van der Waals surface area contributed by atoms with E-state index in [1.807, 2.05) is 44.4 Å². The normalized spacial score (nSPS) is 12.2. The van der Waals surface area contributed by atoms with Gasteiger partial charge in [-0.2, -0.15) is 0 Å². The summed E-state index contributed by atoms with van der Waals surface area (Å²) in [5, 5.41) is 4.18. The molecule has 0 aliphatic heterocycles. The number of carbonyl (C=O) groups excluding carboxylic acids is 1. The lowest BCUT2D eigenvalue weighted by molar-refractivity contribution is 0.0731. The van der Waals surface area contributed by atoms with Crippen LogP contribution in [0.2, 0.25) is 0 Å². The molecule has 0 aliphatic rings. The van der Waals surface area contributed by atoms with Gasteiger partial charge in [-0.15, -0.1) is 0 Å². The number of hydrogen-bond donors (Lipinski definition) is 1. The molecule has 0 saturated heterocycles. The quantitative estimate of drug-likeness (QED) is 0.914. The van der Waals surface area contributed by atoms with E-state index >= 15 is 0 Å². The Kier molecular flexibility index (Phi) is 4.78. The first-order valence-electron chi connectivity index (χ1n) is 7.43. The van der Waals surface area contributed by atoms with Crippen LogP contribution in [-0.4, -0.2) is 35.9 Å². The second-order valence-electron chi connectivity index (χ2n) is 5.38. The Balaban J connectivity index is 2.40. The monoisotopic (exact) mass is 285 g/mol. The lowest BCUT2D eigenvalue weighted by Gasteiger charge is -2.24. The second kappa shape index (κ2) is 6.57. The average molecular weight is 285 g/mol. The molecular weight excluding hydrogens is 262 g/mol. The maximum Gasteiger partial charge on any atom is 0.272 e. The van der Waals surface area contributed by atoms with Gasteiger partial charge in [0.15, 0.2) is 0 Å². The van der Waals surface area contributed by atoms with E-state index in [9.17, 15) is 4.79 Å². The molecule has 2 aromatic rings. The van der Waals surface area contributed by atoms with Crippen LogP contribution < -0.4 is 5.32 Å². The number of amides is 1. The smallest absolute Gasteiger partial charge is 0.272 e. The molecule has 1 heterocycles. The minimum absolute atomic E-state index is 0.0294. The Labute approximate surface area is 126 Å². The van der Waals surface area contributed by atoms with E-state index in [4.69, 9.17) is 0 Å². The van der Waals surface area contributed by atoms with Crippen LogP contribution in [0, 0.1) is 0 Å². The minimum atomic E-state index is -0.0294. The molecule has 0 fully saturated rings. The van der Waals surface area contributed by atoms with Crippen LogP contribution >= 0.6 is 0 Å². The molecule has 21 heavy (non-hydrogen) atoms. The third kappa shape index (κ3) is 3.15. The van der Waals surface area contributed by atoms with Crippen molar-refractivity contribution in [3.05, 3.63) is 36.0 Å². The summed E-state index contributed by atoms with van der Waals surface area (Å²) >= 11 is 0. The fourth-order valence-corrected chi connectivity index (χ4v) is 2.48. The van der Waals surface area contributed by atoms with Gasteiger partial charge < -0.3 is 10.2 Å². The Bertz CT molecular complexity index is 639. The molecule has 112 valence electrons. The highest BCUT2D eigenvalue weighted by molar-refractivity contribution is 5.99. The number of fused-ring (bicyclic) bond motifs is 1. The van der Waals surface area contributed by atoms with Gasteiger partial charge in [-0.05, 0) is 25.5 Å². The summed E-state index contributed by atoms with van der Waals surface area (Å²) in [4.78, 5) is 18.9. The Hall–Kier alpha value is -2.10. The number of carbonyl (C=O) groups is 1. The van der Waals surface area contributed by atoms with Crippen LogP contribution in [0.25, 0.3) is 10.9 Å². The molecule has 4 nitrogen and oxygen atoms in total. The maximum absolute atomic E-state index is 12.6. The zero-order valence-corrected chi connectivity index (χ0v) is 13.2. The summed E-state index contributed by atoms with van der Waals surface area (Å²) in [6.07, 6.45) is 2.06. The average Bonchev–Trinajstić information content (AvgIpc) is 2.52. The molecule has 0 saturated carbocycles. The SMILES string of the molecule is CCCC(C)N(C)C(=O)c1cc(NC)c2ccccc2n1. The van der Waals surface area contributed by atoms with E-state index in [-0.39, 0.29) is 11.9 Å². The zero-order valence-electron chi connectivity index (χ0n) is 13.2. The molecule has 0 aliphatic carbocycles. The van der Waals surface area contributed by atoms with E-state index in [1.165, 1.54) is 0 Å². The van der Waals surface area contributed by atoms with Crippen LogP contribution in [0.15, 0.2) is 30.3 Å². The number of nitrogens with zero attached hydrogens (tertiary/aromatic N) is 2. The van der Waals surface area contributed by atoms with E-state index in [0.29, 0.717) is 5.69 Å². The molecule has 4 heteroatoms. The van der Waals surface area contributed by atoms with Crippen molar-refractivity contribution >= 4 is 22.5 Å². The molecule has 1 atom stereocenters. The number of pyridine rings is 1. The first kappa shape index (κ1) is 15.3. The number of aromatic nitrogens is 1. The molecule has 1 amide bonds. The third-order valence-electron chi connectivity index (χ3n) is 3.89. The molecule has 1 N–H and O–H groups in total. The van der Waals surface area contributed by atoms with Crippen molar-refractivity contribution in [2.45, 2.75) is 32.7 Å². The highest BCUT2D eigenvalue weighted by Gasteiger charge is 2.19. The molecular formula is C17H23N3O. The zero-order chi connectivity index (χ0) is 15.4. The number of rotatable bonds is 5. The van der Waals surface area contributed by atoms with Crippen molar-refractivity contribution in [2.24, 2.45) is 0 Å².